The molecule has 0 atom stereocenters. The monoisotopic (exact) mass is 298 g/mol. The summed E-state index contributed by atoms with van der Waals surface area (Å²) < 4.78 is 11.4. The van der Waals surface area contributed by atoms with Gasteiger partial charge in [0.25, 0.3) is 5.56 Å². The van der Waals surface area contributed by atoms with Gasteiger partial charge in [-0.15, -0.1) is 0 Å². The number of carbonyl (C=O) groups is 1. The average molecular weight is 298 g/mol. The van der Waals surface area contributed by atoms with Crippen LogP contribution >= 0.6 is 0 Å². The molecular weight excluding hydrogens is 284 g/mol. The van der Waals surface area contributed by atoms with Crippen molar-refractivity contribution in [2.24, 2.45) is 0 Å². The van der Waals surface area contributed by atoms with Crippen LogP contribution in [0.5, 0.6) is 0 Å². The van der Waals surface area contributed by atoms with E-state index in [2.05, 4.69) is 5.10 Å². The molecule has 3 rings (SSSR count). The maximum Gasteiger partial charge on any atom is 0.359 e. The zero-order valence-corrected chi connectivity index (χ0v) is 12.0. The Morgan fingerprint density at radius 2 is 2.05 bits per heavy atom. The number of furan rings is 1. The van der Waals surface area contributed by atoms with E-state index in [4.69, 9.17) is 9.15 Å². The molecule has 6 heteroatoms. The Morgan fingerprint density at radius 1 is 1.27 bits per heavy atom. The first-order valence-electron chi connectivity index (χ1n) is 6.88. The first-order valence-corrected chi connectivity index (χ1v) is 6.88. The predicted octanol–water partition coefficient (Wildman–Crippen LogP) is 2.37. The number of carbonyl (C=O) groups excluding carboxylic acids is 1. The third kappa shape index (κ3) is 2.50. The van der Waals surface area contributed by atoms with Gasteiger partial charge in [-0.2, -0.15) is 5.10 Å². The van der Waals surface area contributed by atoms with Gasteiger partial charge in [-0.25, -0.2) is 9.48 Å². The zero-order valence-electron chi connectivity index (χ0n) is 12.0. The van der Waals surface area contributed by atoms with Crippen LogP contribution in [0, 0.1) is 0 Å². The van der Waals surface area contributed by atoms with Crippen LogP contribution in [0.4, 0.5) is 0 Å². The van der Waals surface area contributed by atoms with E-state index in [0.29, 0.717) is 17.3 Å². The Hall–Kier alpha value is -2.89. The van der Waals surface area contributed by atoms with E-state index < -0.39 is 5.97 Å². The lowest BCUT2D eigenvalue weighted by Crippen LogP contribution is -2.25. The van der Waals surface area contributed by atoms with Gasteiger partial charge in [-0.3, -0.25) is 4.79 Å². The minimum Gasteiger partial charge on any atom is -0.472 e. The van der Waals surface area contributed by atoms with Crippen LogP contribution in [-0.2, 0) is 17.9 Å². The fourth-order valence-electron chi connectivity index (χ4n) is 2.19. The van der Waals surface area contributed by atoms with E-state index in [1.165, 1.54) is 17.2 Å². The molecule has 6 nitrogen and oxygen atoms in total. The van der Waals surface area contributed by atoms with E-state index in [-0.39, 0.29) is 17.9 Å². The van der Waals surface area contributed by atoms with Crippen LogP contribution in [-0.4, -0.2) is 15.7 Å². The summed E-state index contributed by atoms with van der Waals surface area (Å²) >= 11 is 0. The summed E-state index contributed by atoms with van der Waals surface area (Å²) in [6, 6.07) is 8.60. The van der Waals surface area contributed by atoms with E-state index in [1.54, 1.807) is 37.3 Å². The molecular formula is C16H14N2O4. The number of aryl methyl sites for hydroxylation is 1. The molecule has 0 spiro atoms. The van der Waals surface area contributed by atoms with Crippen LogP contribution in [0.3, 0.4) is 0 Å². The van der Waals surface area contributed by atoms with Crippen LogP contribution < -0.4 is 5.56 Å². The van der Waals surface area contributed by atoms with Gasteiger partial charge in [0, 0.05) is 17.5 Å². The summed E-state index contributed by atoms with van der Waals surface area (Å²) in [6.45, 7) is 2.27. The van der Waals surface area contributed by atoms with Gasteiger partial charge >= 0.3 is 5.97 Å². The second kappa shape index (κ2) is 5.85. The van der Waals surface area contributed by atoms with Crippen LogP contribution in [0.25, 0.3) is 10.8 Å². The number of nitrogens with zero attached hydrogens (tertiary/aromatic N) is 2. The van der Waals surface area contributed by atoms with Gasteiger partial charge in [0.15, 0.2) is 5.69 Å². The average Bonchev–Trinajstić information content (AvgIpc) is 3.07. The van der Waals surface area contributed by atoms with Gasteiger partial charge in [-0.05, 0) is 19.1 Å². The summed E-state index contributed by atoms with van der Waals surface area (Å²) in [5, 5.41) is 5.07. The van der Waals surface area contributed by atoms with Crippen molar-refractivity contribution < 1.29 is 13.9 Å². The molecule has 2 aromatic heterocycles. The minimum atomic E-state index is -0.570. The highest BCUT2D eigenvalue weighted by atomic mass is 16.5. The van der Waals surface area contributed by atoms with Crippen molar-refractivity contribution in [2.45, 2.75) is 20.1 Å². The zero-order chi connectivity index (χ0) is 15.5. The molecule has 112 valence electrons. The van der Waals surface area contributed by atoms with E-state index in [0.717, 1.165) is 5.56 Å². The van der Waals surface area contributed by atoms with Crippen molar-refractivity contribution in [3.63, 3.8) is 0 Å². The molecule has 0 aliphatic heterocycles. The number of rotatable bonds is 4. The first kappa shape index (κ1) is 14.1. The second-order valence-electron chi connectivity index (χ2n) is 4.72. The molecule has 0 fully saturated rings. The summed E-state index contributed by atoms with van der Waals surface area (Å²) in [5.74, 6) is -0.570. The quantitative estimate of drug-likeness (QED) is 0.691. The normalized spacial score (nSPS) is 10.8. The van der Waals surface area contributed by atoms with Crippen molar-refractivity contribution in [1.29, 1.82) is 0 Å². The van der Waals surface area contributed by atoms with Gasteiger partial charge in [-0.1, -0.05) is 18.2 Å². The maximum atomic E-state index is 12.3. The highest BCUT2D eigenvalue weighted by Crippen LogP contribution is 2.15. The Kier molecular flexibility index (Phi) is 3.74. The van der Waals surface area contributed by atoms with E-state index in [1.807, 2.05) is 0 Å². The fraction of sp³-hybridized carbons (Fsp3) is 0.188. The van der Waals surface area contributed by atoms with Crippen molar-refractivity contribution in [2.75, 3.05) is 0 Å². The Balaban J connectivity index is 2.00. The maximum absolute atomic E-state index is 12.3. The standard InChI is InChI=1S/C16H14N2O4/c1-2-18-15(19)13-6-4-3-5-12(13)14(17-18)16(20)22-10-11-7-8-21-9-11/h3-9H,2,10H2,1H3. The number of ether oxygens (including phenoxy) is 1. The molecule has 0 amide bonds. The molecule has 0 aliphatic rings. The number of fused-ring (bicyclic) bond motifs is 1. The number of esters is 1. The van der Waals surface area contributed by atoms with E-state index >= 15 is 0 Å². The third-order valence-electron chi connectivity index (χ3n) is 3.31. The second-order valence-corrected chi connectivity index (χ2v) is 4.72. The predicted molar refractivity (Wildman–Crippen MR) is 79.5 cm³/mol. The molecule has 0 N–H and O–H groups in total. The Labute approximate surface area is 125 Å². The lowest BCUT2D eigenvalue weighted by atomic mass is 10.1. The van der Waals surface area contributed by atoms with Crippen molar-refractivity contribution in [3.8, 4) is 0 Å². The molecule has 0 saturated carbocycles. The van der Waals surface area contributed by atoms with Gasteiger partial charge in [0.2, 0.25) is 0 Å². The Morgan fingerprint density at radius 3 is 2.73 bits per heavy atom. The van der Waals surface area contributed by atoms with Crippen LogP contribution in [0.2, 0.25) is 0 Å². The molecule has 1 aromatic carbocycles. The summed E-state index contributed by atoms with van der Waals surface area (Å²) in [4.78, 5) is 24.5. The summed E-state index contributed by atoms with van der Waals surface area (Å²) in [6.07, 6.45) is 3.01. The minimum absolute atomic E-state index is 0.0938. The molecule has 0 radical (unpaired) electrons. The highest BCUT2D eigenvalue weighted by Gasteiger charge is 2.17. The number of hydrogen-bond acceptors (Lipinski definition) is 5. The molecule has 0 bridgehead atoms. The fourth-order valence-corrected chi connectivity index (χ4v) is 2.19. The van der Waals surface area contributed by atoms with Gasteiger partial charge < -0.3 is 9.15 Å². The molecule has 22 heavy (non-hydrogen) atoms. The van der Waals surface area contributed by atoms with Crippen molar-refractivity contribution in [1.82, 2.24) is 9.78 Å². The third-order valence-corrected chi connectivity index (χ3v) is 3.31. The topological polar surface area (TPSA) is 74.3 Å². The SMILES string of the molecule is CCn1nc(C(=O)OCc2ccoc2)c2ccccc2c1=O. The summed E-state index contributed by atoms with van der Waals surface area (Å²) in [7, 11) is 0. The Bertz CT molecular complexity index is 865. The van der Waals surface area contributed by atoms with Crippen molar-refractivity contribution >= 4 is 16.7 Å². The number of hydrogen-bond donors (Lipinski definition) is 0. The lowest BCUT2D eigenvalue weighted by Gasteiger charge is -2.09. The molecule has 0 unspecified atom stereocenters. The van der Waals surface area contributed by atoms with E-state index in [9.17, 15) is 9.59 Å². The molecule has 3 aromatic rings. The smallest absolute Gasteiger partial charge is 0.359 e. The largest absolute Gasteiger partial charge is 0.472 e. The summed E-state index contributed by atoms with van der Waals surface area (Å²) in [5.41, 5.74) is 0.673. The molecule has 0 saturated heterocycles. The highest BCUT2D eigenvalue weighted by molar-refractivity contribution is 6.02. The number of aromatic nitrogens is 2. The molecule has 2 heterocycles. The van der Waals surface area contributed by atoms with Crippen LogP contribution in [0.1, 0.15) is 23.0 Å². The van der Waals surface area contributed by atoms with Crippen LogP contribution in [0.15, 0.2) is 52.1 Å². The van der Waals surface area contributed by atoms with Gasteiger partial charge in [0.1, 0.15) is 6.61 Å². The van der Waals surface area contributed by atoms with Crippen molar-refractivity contribution in [3.05, 3.63) is 64.5 Å². The molecule has 0 aliphatic carbocycles. The lowest BCUT2D eigenvalue weighted by molar-refractivity contribution is 0.0465. The number of benzene rings is 1. The van der Waals surface area contributed by atoms with Gasteiger partial charge in [0.05, 0.1) is 17.9 Å². The first-order chi connectivity index (χ1) is 10.7.